The minimum absolute atomic E-state index is 0.679. The van der Waals surface area contributed by atoms with E-state index in [1.807, 2.05) is 30.5 Å². The summed E-state index contributed by atoms with van der Waals surface area (Å²) in [5.74, 6) is 0.679. The quantitative estimate of drug-likeness (QED) is 0.709. The first-order chi connectivity index (χ1) is 7.36. The molecule has 2 heteroatoms. The van der Waals surface area contributed by atoms with Crippen molar-refractivity contribution in [1.29, 1.82) is 0 Å². The van der Waals surface area contributed by atoms with Gasteiger partial charge in [-0.15, -0.1) is 6.58 Å². The molecule has 0 amide bonds. The highest BCUT2D eigenvalue weighted by Crippen LogP contribution is 2.25. The highest BCUT2D eigenvalue weighted by molar-refractivity contribution is 5.89. The van der Waals surface area contributed by atoms with E-state index in [1.165, 1.54) is 10.9 Å². The highest BCUT2D eigenvalue weighted by Gasteiger charge is 2.05. The predicted octanol–water partition coefficient (Wildman–Crippen LogP) is 2.97. The number of benzene rings is 1. The van der Waals surface area contributed by atoms with Crippen molar-refractivity contribution in [3.05, 3.63) is 48.7 Å². The zero-order chi connectivity index (χ0) is 10.7. The van der Waals surface area contributed by atoms with Crippen LogP contribution in [0.4, 0.5) is 0 Å². The van der Waals surface area contributed by atoms with Crippen LogP contribution in [0.1, 0.15) is 5.56 Å². The van der Waals surface area contributed by atoms with Gasteiger partial charge in [0.2, 0.25) is 5.88 Å². The molecule has 0 aliphatic carbocycles. The number of methoxy groups -OCH3 is 1. The molecule has 0 aliphatic rings. The number of ether oxygens (including phenoxy) is 1. The van der Waals surface area contributed by atoms with Crippen molar-refractivity contribution in [3.63, 3.8) is 0 Å². The highest BCUT2D eigenvalue weighted by atomic mass is 16.5. The van der Waals surface area contributed by atoms with Crippen molar-refractivity contribution in [2.45, 2.75) is 6.42 Å². The third-order valence-electron chi connectivity index (χ3n) is 2.40. The fourth-order valence-electron chi connectivity index (χ4n) is 1.71. The van der Waals surface area contributed by atoms with Gasteiger partial charge in [-0.25, -0.2) is 4.98 Å². The molecule has 15 heavy (non-hydrogen) atoms. The number of fused-ring (bicyclic) bond motifs is 1. The fraction of sp³-hybridized carbons (Fsp3) is 0.154. The van der Waals surface area contributed by atoms with Gasteiger partial charge in [-0.3, -0.25) is 0 Å². The first-order valence-electron chi connectivity index (χ1n) is 4.88. The lowest BCUT2D eigenvalue weighted by atomic mass is 10.1. The maximum absolute atomic E-state index is 5.22. The maximum atomic E-state index is 5.22. The zero-order valence-corrected chi connectivity index (χ0v) is 8.73. The van der Waals surface area contributed by atoms with Crippen molar-refractivity contribution in [1.82, 2.24) is 4.98 Å². The van der Waals surface area contributed by atoms with E-state index in [4.69, 9.17) is 4.74 Å². The largest absolute Gasteiger partial charge is 0.481 e. The van der Waals surface area contributed by atoms with Crippen molar-refractivity contribution in [2.75, 3.05) is 7.11 Å². The summed E-state index contributed by atoms with van der Waals surface area (Å²) < 4.78 is 5.22. The molecule has 2 rings (SSSR count). The van der Waals surface area contributed by atoms with Crippen molar-refractivity contribution >= 4 is 10.8 Å². The smallest absolute Gasteiger partial charge is 0.221 e. The van der Waals surface area contributed by atoms with Crippen LogP contribution < -0.4 is 4.74 Å². The van der Waals surface area contributed by atoms with Gasteiger partial charge in [-0.1, -0.05) is 24.3 Å². The normalized spacial score (nSPS) is 10.2. The molecule has 2 nitrogen and oxygen atoms in total. The number of nitrogens with zero attached hydrogens (tertiary/aromatic N) is 1. The molecule has 0 unspecified atom stereocenters. The van der Waals surface area contributed by atoms with E-state index in [0.29, 0.717) is 5.88 Å². The number of hydrogen-bond acceptors (Lipinski definition) is 2. The Labute approximate surface area is 89.2 Å². The van der Waals surface area contributed by atoms with Gasteiger partial charge < -0.3 is 4.74 Å². The number of pyridine rings is 1. The Morgan fingerprint density at radius 3 is 2.73 bits per heavy atom. The van der Waals surface area contributed by atoms with E-state index in [2.05, 4.69) is 17.6 Å². The van der Waals surface area contributed by atoms with Gasteiger partial charge in [0.25, 0.3) is 0 Å². The van der Waals surface area contributed by atoms with E-state index in [1.54, 1.807) is 7.11 Å². The molecular weight excluding hydrogens is 186 g/mol. The zero-order valence-electron chi connectivity index (χ0n) is 8.73. The van der Waals surface area contributed by atoms with Gasteiger partial charge in [0.15, 0.2) is 0 Å². The Morgan fingerprint density at radius 2 is 2.07 bits per heavy atom. The van der Waals surface area contributed by atoms with E-state index >= 15 is 0 Å². The molecule has 0 aliphatic heterocycles. The molecule has 76 valence electrons. The SMILES string of the molecule is C=CCc1cnc(OC)c2ccccc12. The van der Waals surface area contributed by atoms with Gasteiger partial charge in [0, 0.05) is 11.6 Å². The summed E-state index contributed by atoms with van der Waals surface area (Å²) in [6.07, 6.45) is 4.57. The Balaban J connectivity index is 2.71. The van der Waals surface area contributed by atoms with E-state index in [0.717, 1.165) is 11.8 Å². The molecule has 0 saturated carbocycles. The average Bonchev–Trinajstić information content (AvgIpc) is 2.30. The Morgan fingerprint density at radius 1 is 1.33 bits per heavy atom. The molecule has 1 heterocycles. The molecule has 0 atom stereocenters. The first kappa shape index (κ1) is 9.71. The van der Waals surface area contributed by atoms with Crippen LogP contribution in [-0.4, -0.2) is 12.1 Å². The summed E-state index contributed by atoms with van der Waals surface area (Å²) >= 11 is 0. The Hall–Kier alpha value is -1.83. The van der Waals surface area contributed by atoms with Crippen LogP contribution in [0.5, 0.6) is 5.88 Å². The lowest BCUT2D eigenvalue weighted by molar-refractivity contribution is 0.403. The van der Waals surface area contributed by atoms with Crippen LogP contribution in [0, 0.1) is 0 Å². The summed E-state index contributed by atoms with van der Waals surface area (Å²) in [5.41, 5.74) is 1.18. The van der Waals surface area contributed by atoms with Crippen molar-refractivity contribution in [3.8, 4) is 5.88 Å². The van der Waals surface area contributed by atoms with Crippen LogP contribution >= 0.6 is 0 Å². The van der Waals surface area contributed by atoms with Gasteiger partial charge in [0.1, 0.15) is 0 Å². The van der Waals surface area contributed by atoms with E-state index < -0.39 is 0 Å². The number of allylic oxidation sites excluding steroid dienone is 1. The molecule has 0 spiro atoms. The fourth-order valence-corrected chi connectivity index (χ4v) is 1.71. The van der Waals surface area contributed by atoms with Crippen LogP contribution in [0.25, 0.3) is 10.8 Å². The van der Waals surface area contributed by atoms with Crippen LogP contribution in [-0.2, 0) is 6.42 Å². The minimum Gasteiger partial charge on any atom is -0.481 e. The topological polar surface area (TPSA) is 22.1 Å². The van der Waals surface area contributed by atoms with E-state index in [9.17, 15) is 0 Å². The minimum atomic E-state index is 0.679. The maximum Gasteiger partial charge on any atom is 0.221 e. The molecule has 1 aromatic heterocycles. The standard InChI is InChI=1S/C13H13NO/c1-3-6-10-9-14-13(15-2)12-8-5-4-7-11(10)12/h3-5,7-9H,1,6H2,2H3. The number of rotatable bonds is 3. The molecule has 0 saturated heterocycles. The second-order valence-electron chi connectivity index (χ2n) is 3.33. The lowest BCUT2D eigenvalue weighted by Crippen LogP contribution is -1.92. The summed E-state index contributed by atoms with van der Waals surface area (Å²) in [5, 5.41) is 2.24. The van der Waals surface area contributed by atoms with Gasteiger partial charge in [-0.05, 0) is 23.4 Å². The van der Waals surface area contributed by atoms with Gasteiger partial charge >= 0.3 is 0 Å². The predicted molar refractivity (Wildman–Crippen MR) is 62.2 cm³/mol. The monoisotopic (exact) mass is 199 g/mol. The second kappa shape index (κ2) is 4.13. The van der Waals surface area contributed by atoms with Gasteiger partial charge in [-0.2, -0.15) is 0 Å². The second-order valence-corrected chi connectivity index (χ2v) is 3.33. The summed E-state index contributed by atoms with van der Waals surface area (Å²) in [6, 6.07) is 8.12. The van der Waals surface area contributed by atoms with Crippen LogP contribution in [0.15, 0.2) is 43.1 Å². The third-order valence-corrected chi connectivity index (χ3v) is 2.40. The first-order valence-corrected chi connectivity index (χ1v) is 4.88. The summed E-state index contributed by atoms with van der Waals surface area (Å²) in [4.78, 5) is 4.27. The van der Waals surface area contributed by atoms with Crippen molar-refractivity contribution < 1.29 is 4.74 Å². The van der Waals surface area contributed by atoms with E-state index in [-0.39, 0.29) is 0 Å². The van der Waals surface area contributed by atoms with Crippen LogP contribution in [0.2, 0.25) is 0 Å². The molecule has 1 aromatic carbocycles. The molecule has 0 N–H and O–H groups in total. The summed E-state index contributed by atoms with van der Waals surface area (Å²) in [6.45, 7) is 3.75. The lowest BCUT2D eigenvalue weighted by Gasteiger charge is -2.07. The average molecular weight is 199 g/mol. The molecule has 2 aromatic rings. The van der Waals surface area contributed by atoms with Crippen LogP contribution in [0.3, 0.4) is 0 Å². The van der Waals surface area contributed by atoms with Gasteiger partial charge in [0.05, 0.1) is 7.11 Å². The third kappa shape index (κ3) is 1.71. The molecule has 0 bridgehead atoms. The number of hydrogen-bond donors (Lipinski definition) is 0. The summed E-state index contributed by atoms with van der Waals surface area (Å²) in [7, 11) is 1.64. The molecule has 0 fully saturated rings. The molecular formula is C13H13NO. The molecule has 0 radical (unpaired) electrons. The Bertz CT molecular complexity index is 491. The van der Waals surface area contributed by atoms with Crippen molar-refractivity contribution in [2.24, 2.45) is 0 Å². The number of aromatic nitrogens is 1. The Kier molecular flexibility index (Phi) is 2.68.